The smallest absolute Gasteiger partial charge is 0.136 e. The van der Waals surface area contributed by atoms with E-state index in [4.69, 9.17) is 0 Å². The van der Waals surface area contributed by atoms with E-state index in [0.29, 0.717) is 10.0 Å². The van der Waals surface area contributed by atoms with Gasteiger partial charge in [-0.3, -0.25) is 0 Å². The summed E-state index contributed by atoms with van der Waals surface area (Å²) in [5.74, 6) is 0.193. The van der Waals surface area contributed by atoms with Crippen LogP contribution in [0.15, 0.2) is 10.5 Å². The van der Waals surface area contributed by atoms with Gasteiger partial charge < -0.3 is 10.2 Å². The van der Waals surface area contributed by atoms with Gasteiger partial charge in [0.2, 0.25) is 0 Å². The fourth-order valence-electron chi connectivity index (χ4n) is 2.69. The van der Waals surface area contributed by atoms with Crippen LogP contribution in [0.3, 0.4) is 0 Å². The quantitative estimate of drug-likeness (QED) is 0.777. The van der Waals surface area contributed by atoms with Gasteiger partial charge in [0.1, 0.15) is 5.75 Å². The van der Waals surface area contributed by atoms with Crippen LogP contribution in [0.4, 0.5) is 0 Å². The van der Waals surface area contributed by atoms with Crippen molar-refractivity contribution < 1.29 is 10.2 Å². The molecule has 0 bridgehead atoms. The first kappa shape index (κ1) is 12.9. The Labute approximate surface area is 111 Å². The molecular formula is C14H19BrO2. The Bertz CT molecular complexity index is 433. The minimum Gasteiger partial charge on any atom is -0.506 e. The molecule has 0 saturated heterocycles. The summed E-state index contributed by atoms with van der Waals surface area (Å²) in [6.45, 7) is 3.47. The Kier molecular flexibility index (Phi) is 3.50. The van der Waals surface area contributed by atoms with Crippen LogP contribution < -0.4 is 0 Å². The molecule has 0 atom stereocenters. The lowest BCUT2D eigenvalue weighted by Gasteiger charge is -2.25. The molecule has 0 spiro atoms. The molecule has 2 rings (SSSR count). The number of hydrogen-bond acceptors (Lipinski definition) is 2. The molecule has 1 aliphatic rings. The van der Waals surface area contributed by atoms with Gasteiger partial charge >= 0.3 is 0 Å². The molecule has 3 heteroatoms. The van der Waals surface area contributed by atoms with Gasteiger partial charge in [0.25, 0.3) is 0 Å². The molecule has 0 radical (unpaired) electrons. The predicted octanol–water partition coefficient (Wildman–Crippen LogP) is 3.65. The standard InChI is InChI=1S/C14H19BrO2/c1-14(2,17)12-10-7-5-3-4-6-9(10)8-11(15)13(12)16/h8,16-17H,3-7H2,1-2H3. The van der Waals surface area contributed by atoms with E-state index in [1.807, 2.05) is 6.07 Å². The predicted molar refractivity (Wildman–Crippen MR) is 72.3 cm³/mol. The molecule has 1 aromatic carbocycles. The number of rotatable bonds is 1. The molecule has 94 valence electrons. The minimum absolute atomic E-state index is 0.193. The van der Waals surface area contributed by atoms with Crippen molar-refractivity contribution in [1.29, 1.82) is 0 Å². The lowest BCUT2D eigenvalue weighted by atomic mass is 9.87. The number of aliphatic hydroxyl groups is 1. The number of phenols is 1. The number of phenolic OH excluding ortho intramolecular Hbond substituents is 1. The Morgan fingerprint density at radius 3 is 2.47 bits per heavy atom. The first-order chi connectivity index (χ1) is 7.91. The van der Waals surface area contributed by atoms with Crippen LogP contribution in [0.25, 0.3) is 0 Å². The Morgan fingerprint density at radius 2 is 1.82 bits per heavy atom. The Morgan fingerprint density at radius 1 is 1.18 bits per heavy atom. The van der Waals surface area contributed by atoms with Crippen molar-refractivity contribution in [3.63, 3.8) is 0 Å². The number of hydrogen-bond donors (Lipinski definition) is 2. The number of benzene rings is 1. The summed E-state index contributed by atoms with van der Waals surface area (Å²) < 4.78 is 0.690. The van der Waals surface area contributed by atoms with Crippen LogP contribution in [-0.2, 0) is 18.4 Å². The van der Waals surface area contributed by atoms with Crippen molar-refractivity contribution in [3.8, 4) is 5.75 Å². The largest absolute Gasteiger partial charge is 0.506 e. The van der Waals surface area contributed by atoms with Gasteiger partial charge in [-0.1, -0.05) is 6.42 Å². The summed E-state index contributed by atoms with van der Waals surface area (Å²) in [7, 11) is 0. The number of halogens is 1. The second-order valence-electron chi connectivity index (χ2n) is 5.34. The SMILES string of the molecule is CC(C)(O)c1c(O)c(Br)cc2c1CCCCC2. The first-order valence-corrected chi connectivity index (χ1v) is 6.96. The zero-order valence-electron chi connectivity index (χ0n) is 10.4. The lowest BCUT2D eigenvalue weighted by Crippen LogP contribution is -2.19. The van der Waals surface area contributed by atoms with Crippen LogP contribution in [0.2, 0.25) is 0 Å². The summed E-state index contributed by atoms with van der Waals surface area (Å²) in [4.78, 5) is 0. The van der Waals surface area contributed by atoms with Crippen molar-refractivity contribution in [3.05, 3.63) is 27.2 Å². The van der Waals surface area contributed by atoms with Crippen molar-refractivity contribution in [2.45, 2.75) is 51.6 Å². The summed E-state index contributed by atoms with van der Waals surface area (Å²) in [6, 6.07) is 2.01. The molecule has 1 aliphatic carbocycles. The Hall–Kier alpha value is -0.540. The van der Waals surface area contributed by atoms with Crippen LogP contribution in [0.1, 0.15) is 49.8 Å². The van der Waals surface area contributed by atoms with Crippen LogP contribution >= 0.6 is 15.9 Å². The number of aryl methyl sites for hydroxylation is 1. The summed E-state index contributed by atoms with van der Waals surface area (Å²) in [6.07, 6.45) is 5.54. The zero-order chi connectivity index (χ0) is 12.6. The highest BCUT2D eigenvalue weighted by Crippen LogP contribution is 2.41. The molecular weight excluding hydrogens is 280 g/mol. The van der Waals surface area contributed by atoms with Gasteiger partial charge in [-0.15, -0.1) is 0 Å². The molecule has 0 aliphatic heterocycles. The van der Waals surface area contributed by atoms with E-state index in [-0.39, 0.29) is 5.75 Å². The second-order valence-corrected chi connectivity index (χ2v) is 6.19. The number of aromatic hydroxyl groups is 1. The number of fused-ring (bicyclic) bond motifs is 1. The molecule has 1 aromatic rings. The van der Waals surface area contributed by atoms with E-state index in [9.17, 15) is 10.2 Å². The first-order valence-electron chi connectivity index (χ1n) is 6.17. The third kappa shape index (κ3) is 2.50. The van der Waals surface area contributed by atoms with Crippen molar-refractivity contribution >= 4 is 15.9 Å². The molecule has 0 aromatic heterocycles. The van der Waals surface area contributed by atoms with Gasteiger partial charge in [-0.2, -0.15) is 0 Å². The average molecular weight is 299 g/mol. The van der Waals surface area contributed by atoms with E-state index < -0.39 is 5.60 Å². The van der Waals surface area contributed by atoms with E-state index in [0.717, 1.165) is 24.8 Å². The van der Waals surface area contributed by atoms with E-state index in [2.05, 4.69) is 15.9 Å². The van der Waals surface area contributed by atoms with E-state index in [1.54, 1.807) is 13.8 Å². The Balaban J connectivity index is 2.66. The van der Waals surface area contributed by atoms with Gasteiger partial charge in [0.15, 0.2) is 0 Å². The average Bonchev–Trinajstić information content (AvgIpc) is 2.42. The highest BCUT2D eigenvalue weighted by molar-refractivity contribution is 9.10. The summed E-state index contributed by atoms with van der Waals surface area (Å²) in [5.41, 5.74) is 2.12. The highest BCUT2D eigenvalue weighted by Gasteiger charge is 2.28. The maximum absolute atomic E-state index is 10.3. The summed E-state index contributed by atoms with van der Waals surface area (Å²) >= 11 is 3.38. The third-order valence-electron chi connectivity index (χ3n) is 3.44. The normalized spacial score (nSPS) is 16.5. The van der Waals surface area contributed by atoms with E-state index >= 15 is 0 Å². The topological polar surface area (TPSA) is 40.5 Å². The van der Waals surface area contributed by atoms with E-state index in [1.165, 1.54) is 18.4 Å². The summed E-state index contributed by atoms with van der Waals surface area (Å²) in [5, 5.41) is 20.4. The fraction of sp³-hybridized carbons (Fsp3) is 0.571. The van der Waals surface area contributed by atoms with Gasteiger partial charge in [-0.25, -0.2) is 0 Å². The van der Waals surface area contributed by atoms with Crippen molar-refractivity contribution in [2.75, 3.05) is 0 Å². The minimum atomic E-state index is -0.998. The lowest BCUT2D eigenvalue weighted by molar-refractivity contribution is 0.0746. The monoisotopic (exact) mass is 298 g/mol. The highest BCUT2D eigenvalue weighted by atomic mass is 79.9. The second kappa shape index (κ2) is 4.62. The molecule has 2 nitrogen and oxygen atoms in total. The molecule has 0 fully saturated rings. The molecule has 0 unspecified atom stereocenters. The molecule has 17 heavy (non-hydrogen) atoms. The maximum Gasteiger partial charge on any atom is 0.136 e. The van der Waals surface area contributed by atoms with Crippen molar-refractivity contribution in [1.82, 2.24) is 0 Å². The fourth-order valence-corrected chi connectivity index (χ4v) is 3.17. The molecule has 2 N–H and O–H groups in total. The van der Waals surface area contributed by atoms with Crippen LogP contribution in [0, 0.1) is 0 Å². The van der Waals surface area contributed by atoms with Crippen molar-refractivity contribution in [2.24, 2.45) is 0 Å². The third-order valence-corrected chi connectivity index (χ3v) is 4.04. The zero-order valence-corrected chi connectivity index (χ0v) is 12.0. The molecule has 0 heterocycles. The molecule has 0 saturated carbocycles. The maximum atomic E-state index is 10.3. The van der Waals surface area contributed by atoms with Gasteiger partial charge in [0, 0.05) is 5.56 Å². The van der Waals surface area contributed by atoms with Crippen LogP contribution in [-0.4, -0.2) is 10.2 Å². The van der Waals surface area contributed by atoms with Gasteiger partial charge in [0.05, 0.1) is 10.1 Å². The van der Waals surface area contributed by atoms with Gasteiger partial charge in [-0.05, 0) is 72.7 Å². The van der Waals surface area contributed by atoms with Crippen LogP contribution in [0.5, 0.6) is 5.75 Å². The molecule has 0 amide bonds.